The maximum atomic E-state index is 13.1. The Morgan fingerprint density at radius 1 is 1.00 bits per heavy atom. The lowest BCUT2D eigenvalue weighted by molar-refractivity contribution is -0.132. The predicted molar refractivity (Wildman–Crippen MR) is 111 cm³/mol. The number of ether oxygens (including phenoxy) is 2. The Morgan fingerprint density at radius 3 is 2.48 bits per heavy atom. The zero-order valence-corrected chi connectivity index (χ0v) is 16.8. The first-order valence-electron chi connectivity index (χ1n) is 9.93. The zero-order chi connectivity index (χ0) is 20.4. The van der Waals surface area contributed by atoms with Crippen LogP contribution in [0, 0.1) is 0 Å². The number of hydrogen-bond acceptors (Lipinski definition) is 6. The van der Waals surface area contributed by atoms with Gasteiger partial charge in [-0.3, -0.25) is 4.79 Å². The molecule has 2 unspecified atom stereocenters. The molecule has 0 aliphatic carbocycles. The molecule has 4 N–H and O–H groups in total. The summed E-state index contributed by atoms with van der Waals surface area (Å²) < 4.78 is 10.7. The fraction of sp³-hybridized carbons (Fsp3) is 0.409. The highest BCUT2D eigenvalue weighted by Gasteiger charge is 2.39. The molecular weight excluding hydrogens is 368 g/mol. The molecular formula is C22H28N4O3. The molecule has 0 aromatic heterocycles. The van der Waals surface area contributed by atoms with Gasteiger partial charge in [0.15, 0.2) is 11.5 Å². The predicted octanol–water partition coefficient (Wildman–Crippen LogP) is 1.56. The molecule has 154 valence electrons. The van der Waals surface area contributed by atoms with E-state index in [1.54, 1.807) is 14.2 Å². The van der Waals surface area contributed by atoms with Crippen molar-refractivity contribution in [2.45, 2.75) is 30.5 Å². The normalized spacial score (nSPS) is 26.5. The van der Waals surface area contributed by atoms with E-state index in [0.717, 1.165) is 5.56 Å². The molecule has 0 bridgehead atoms. The van der Waals surface area contributed by atoms with Crippen molar-refractivity contribution in [3.05, 3.63) is 59.7 Å². The van der Waals surface area contributed by atoms with E-state index in [0.29, 0.717) is 31.0 Å². The molecule has 0 radical (unpaired) electrons. The molecule has 29 heavy (non-hydrogen) atoms. The summed E-state index contributed by atoms with van der Waals surface area (Å²) in [6.07, 6.45) is 0.663. The molecule has 2 heterocycles. The average molecular weight is 396 g/mol. The first kappa shape index (κ1) is 19.7. The van der Waals surface area contributed by atoms with Gasteiger partial charge in [0.05, 0.1) is 14.2 Å². The summed E-state index contributed by atoms with van der Waals surface area (Å²) in [5, 5.41) is 0. The second kappa shape index (κ2) is 8.41. The van der Waals surface area contributed by atoms with Crippen molar-refractivity contribution in [2.24, 2.45) is 5.73 Å². The quantitative estimate of drug-likeness (QED) is 0.711. The minimum atomic E-state index is -0.283. The number of amides is 1. The molecule has 2 aliphatic heterocycles. The molecule has 7 nitrogen and oxygen atoms in total. The molecule has 1 amide bonds. The Balaban J connectivity index is 1.41. The second-order valence-electron chi connectivity index (χ2n) is 7.67. The Morgan fingerprint density at radius 2 is 1.76 bits per heavy atom. The lowest BCUT2D eigenvalue weighted by atomic mass is 9.95. The minimum Gasteiger partial charge on any atom is -0.493 e. The van der Waals surface area contributed by atoms with Gasteiger partial charge in [0.25, 0.3) is 0 Å². The van der Waals surface area contributed by atoms with Crippen LogP contribution in [-0.2, 0) is 4.79 Å². The van der Waals surface area contributed by atoms with Crippen molar-refractivity contribution >= 4 is 5.91 Å². The number of carbonyl (C=O) groups excluding carboxylic acids is 1. The van der Waals surface area contributed by atoms with Crippen molar-refractivity contribution in [2.75, 3.05) is 27.3 Å². The molecule has 0 spiro atoms. The fourth-order valence-corrected chi connectivity index (χ4v) is 4.29. The van der Waals surface area contributed by atoms with Gasteiger partial charge >= 0.3 is 0 Å². The number of methoxy groups -OCH3 is 2. The molecule has 2 aromatic rings. The highest BCUT2D eigenvalue weighted by atomic mass is 16.5. The Kier molecular flexibility index (Phi) is 5.71. The number of carbonyl (C=O) groups is 1. The van der Waals surface area contributed by atoms with Crippen LogP contribution >= 0.6 is 0 Å². The molecule has 2 aliphatic rings. The number of nitrogens with zero attached hydrogens (tertiary/aromatic N) is 1. The van der Waals surface area contributed by atoms with Crippen molar-refractivity contribution in [3.63, 3.8) is 0 Å². The maximum absolute atomic E-state index is 13.1. The summed E-state index contributed by atoms with van der Waals surface area (Å²) in [7, 11) is 3.24. The molecule has 2 saturated heterocycles. The smallest absolute Gasteiger partial charge is 0.241 e. The Hall–Kier alpha value is -2.61. The summed E-state index contributed by atoms with van der Waals surface area (Å²) in [5.74, 6) is 1.64. The number of rotatable bonds is 5. The molecule has 2 aromatic carbocycles. The lowest BCUT2D eigenvalue weighted by Crippen LogP contribution is -2.45. The first-order valence-corrected chi connectivity index (χ1v) is 9.93. The van der Waals surface area contributed by atoms with E-state index in [4.69, 9.17) is 15.2 Å². The van der Waals surface area contributed by atoms with E-state index in [1.807, 2.05) is 41.3 Å². The third kappa shape index (κ3) is 3.94. The van der Waals surface area contributed by atoms with Crippen LogP contribution in [0.1, 0.15) is 29.5 Å². The summed E-state index contributed by atoms with van der Waals surface area (Å²) in [5.41, 5.74) is 15.0. The van der Waals surface area contributed by atoms with Crippen LogP contribution in [0.4, 0.5) is 0 Å². The van der Waals surface area contributed by atoms with Gasteiger partial charge in [0, 0.05) is 31.1 Å². The zero-order valence-electron chi connectivity index (χ0n) is 16.8. The van der Waals surface area contributed by atoms with Crippen molar-refractivity contribution in [1.29, 1.82) is 0 Å². The average Bonchev–Trinajstić information content (AvgIpc) is 3.40. The van der Waals surface area contributed by atoms with E-state index in [9.17, 15) is 4.79 Å². The molecule has 0 saturated carbocycles. The topological polar surface area (TPSA) is 88.9 Å². The van der Waals surface area contributed by atoms with Gasteiger partial charge in [-0.1, -0.05) is 36.4 Å². The van der Waals surface area contributed by atoms with Crippen molar-refractivity contribution in [3.8, 4) is 11.5 Å². The fourth-order valence-electron chi connectivity index (χ4n) is 4.29. The lowest BCUT2D eigenvalue weighted by Gasteiger charge is -2.20. The highest BCUT2D eigenvalue weighted by molar-refractivity contribution is 5.82. The van der Waals surface area contributed by atoms with Gasteiger partial charge in [-0.05, 0) is 29.7 Å². The Bertz CT molecular complexity index is 860. The number of hydrogen-bond donors (Lipinski definition) is 3. The third-order valence-electron chi connectivity index (χ3n) is 5.92. The molecule has 7 heteroatoms. The van der Waals surface area contributed by atoms with Gasteiger partial charge in [-0.15, -0.1) is 0 Å². The van der Waals surface area contributed by atoms with Crippen LogP contribution in [0.2, 0.25) is 0 Å². The summed E-state index contributed by atoms with van der Waals surface area (Å²) in [4.78, 5) is 15.0. The maximum Gasteiger partial charge on any atom is 0.241 e. The Labute approximate surface area is 171 Å². The molecule has 4 atom stereocenters. The van der Waals surface area contributed by atoms with E-state index < -0.39 is 0 Å². The van der Waals surface area contributed by atoms with Crippen molar-refractivity contribution in [1.82, 2.24) is 15.8 Å². The van der Waals surface area contributed by atoms with Crippen LogP contribution in [0.25, 0.3) is 0 Å². The van der Waals surface area contributed by atoms with E-state index in [-0.39, 0.29) is 30.0 Å². The summed E-state index contributed by atoms with van der Waals surface area (Å²) in [6.45, 7) is 1.24. The number of nitrogens with one attached hydrogen (secondary N) is 2. The van der Waals surface area contributed by atoms with Crippen LogP contribution < -0.4 is 26.1 Å². The first-order chi connectivity index (χ1) is 14.1. The van der Waals surface area contributed by atoms with Gasteiger partial charge in [-0.2, -0.15) is 0 Å². The van der Waals surface area contributed by atoms with Gasteiger partial charge < -0.3 is 20.1 Å². The van der Waals surface area contributed by atoms with Crippen molar-refractivity contribution < 1.29 is 14.3 Å². The number of hydrazine groups is 1. The standard InChI is InChI=1S/C22H28N4O3/c1-28-20-9-8-15(10-21(20)29-2)18-11-19(25-24-18)22(27)26-12-16(17(23)13-26)14-6-4-3-5-7-14/h3-10,16-19,24-25H,11-13,23H2,1-2H3/t16-,17+,18?,19?/m0/s1. The van der Waals surface area contributed by atoms with E-state index in [2.05, 4.69) is 23.0 Å². The van der Waals surface area contributed by atoms with Crippen LogP contribution in [0.5, 0.6) is 11.5 Å². The van der Waals surface area contributed by atoms with Gasteiger partial charge in [-0.25, -0.2) is 10.9 Å². The SMILES string of the molecule is COc1ccc(C2CC(C(=O)N3C[C@@H](N)[C@H](c4ccccc4)C3)NN2)cc1OC. The van der Waals surface area contributed by atoms with Crippen LogP contribution in [0.3, 0.4) is 0 Å². The van der Waals surface area contributed by atoms with Gasteiger partial charge in [0.2, 0.25) is 5.91 Å². The second-order valence-corrected chi connectivity index (χ2v) is 7.67. The van der Waals surface area contributed by atoms with Gasteiger partial charge in [0.1, 0.15) is 6.04 Å². The van der Waals surface area contributed by atoms with E-state index in [1.165, 1.54) is 5.56 Å². The number of benzene rings is 2. The highest BCUT2D eigenvalue weighted by Crippen LogP contribution is 2.33. The molecule has 4 rings (SSSR count). The third-order valence-corrected chi connectivity index (χ3v) is 5.92. The molecule has 2 fully saturated rings. The number of likely N-dealkylation sites (tertiary alicyclic amines) is 1. The monoisotopic (exact) mass is 396 g/mol. The summed E-state index contributed by atoms with van der Waals surface area (Å²) in [6, 6.07) is 15.7. The minimum absolute atomic E-state index is 0.0185. The van der Waals surface area contributed by atoms with Crippen LogP contribution in [0.15, 0.2) is 48.5 Å². The largest absolute Gasteiger partial charge is 0.493 e. The van der Waals surface area contributed by atoms with Crippen LogP contribution in [-0.4, -0.2) is 50.2 Å². The van der Waals surface area contributed by atoms with E-state index >= 15 is 0 Å². The summed E-state index contributed by atoms with van der Waals surface area (Å²) >= 11 is 0. The number of nitrogens with two attached hydrogens (primary N) is 1.